The summed E-state index contributed by atoms with van der Waals surface area (Å²) < 4.78 is 33.6. The third kappa shape index (κ3) is 5.09. The Balaban J connectivity index is 1.91. The number of hydrogen-bond donors (Lipinski definition) is 1. The summed E-state index contributed by atoms with van der Waals surface area (Å²) in [4.78, 5) is 10.9. The number of nitro groups is 1. The van der Waals surface area contributed by atoms with Crippen LogP contribution in [0.4, 0.5) is 5.69 Å². The van der Waals surface area contributed by atoms with Crippen molar-refractivity contribution < 1.29 is 17.9 Å². The molecule has 0 saturated heterocycles. The van der Waals surface area contributed by atoms with E-state index in [0.717, 1.165) is 10.2 Å². The number of fused-ring (bicyclic) bond motifs is 1. The van der Waals surface area contributed by atoms with Gasteiger partial charge in [0.05, 0.1) is 27.1 Å². The van der Waals surface area contributed by atoms with E-state index in [2.05, 4.69) is 10.2 Å². The van der Waals surface area contributed by atoms with Crippen LogP contribution in [-0.2, 0) is 16.7 Å². The number of benzene rings is 2. The molecule has 0 radical (unpaired) electrons. The zero-order chi connectivity index (χ0) is 20.1. The van der Waals surface area contributed by atoms with Gasteiger partial charge in [-0.2, -0.15) is 13.5 Å². The van der Waals surface area contributed by atoms with Gasteiger partial charge in [0, 0.05) is 24.2 Å². The molecule has 11 heteroatoms. The van der Waals surface area contributed by atoms with Crippen molar-refractivity contribution >= 4 is 43.6 Å². The normalized spacial score (nSPS) is 12.8. The van der Waals surface area contributed by atoms with E-state index in [1.54, 1.807) is 12.1 Å². The van der Waals surface area contributed by atoms with E-state index in [0.29, 0.717) is 16.9 Å². The maximum Gasteiger partial charge on any atom is 0.270 e. The van der Waals surface area contributed by atoms with Crippen LogP contribution in [0.1, 0.15) is 12.0 Å². The molecule has 1 N–H and O–H groups in total. The molecule has 1 aromatic heterocycles. The summed E-state index contributed by atoms with van der Waals surface area (Å²) in [5.41, 5.74) is 1.38. The first-order chi connectivity index (χ1) is 13.3. The number of aromatic nitrogens is 1. The molecule has 3 aromatic rings. The minimum Gasteiger partial charge on any atom is -0.315 e. The quantitative estimate of drug-likeness (QED) is 0.272. The predicted molar refractivity (Wildman–Crippen MR) is 107 cm³/mol. The zero-order valence-corrected chi connectivity index (χ0v) is 16.1. The second-order valence-electron chi connectivity index (χ2n) is 5.84. The van der Waals surface area contributed by atoms with Crippen LogP contribution in [0.5, 0.6) is 0 Å². The number of hydrogen-bond acceptors (Lipinski definition) is 7. The van der Waals surface area contributed by atoms with Gasteiger partial charge in [-0.15, -0.1) is 5.10 Å². The zero-order valence-electron chi connectivity index (χ0n) is 14.5. The lowest BCUT2D eigenvalue weighted by Crippen LogP contribution is -2.17. The molecular weight excluding hydrogens is 404 g/mol. The Morgan fingerprint density at radius 2 is 2.00 bits per heavy atom. The number of nitrogens with zero attached hydrogens (tertiary/aromatic N) is 4. The molecule has 2 aromatic carbocycles. The SMILES string of the molecule is O=[N+]([O-])c1cccc(/C=N\N=c2/sc3ccccc3n2CCCS(=O)(=O)O)c1. The molecule has 0 aliphatic heterocycles. The third-order valence-corrected chi connectivity index (χ3v) is 5.66. The Bertz CT molecular complexity index is 1210. The molecule has 28 heavy (non-hydrogen) atoms. The number of thiazole rings is 1. The third-order valence-electron chi connectivity index (χ3n) is 3.80. The van der Waals surface area contributed by atoms with Crippen LogP contribution in [0.15, 0.2) is 58.7 Å². The molecule has 0 aliphatic carbocycles. The van der Waals surface area contributed by atoms with Crippen LogP contribution in [-0.4, -0.2) is 34.4 Å². The van der Waals surface area contributed by atoms with E-state index in [4.69, 9.17) is 4.55 Å². The Hall–Kier alpha value is -2.89. The summed E-state index contributed by atoms with van der Waals surface area (Å²) in [6.45, 7) is 0.342. The summed E-state index contributed by atoms with van der Waals surface area (Å²) in [5.74, 6) is -0.347. The molecular formula is C17H16N4O5S2. The number of nitro benzene ring substituents is 1. The van der Waals surface area contributed by atoms with E-state index >= 15 is 0 Å². The Morgan fingerprint density at radius 3 is 2.75 bits per heavy atom. The van der Waals surface area contributed by atoms with E-state index in [1.165, 1.54) is 29.7 Å². The number of para-hydroxylation sites is 1. The lowest BCUT2D eigenvalue weighted by atomic mass is 10.2. The molecule has 9 nitrogen and oxygen atoms in total. The molecule has 0 bridgehead atoms. The summed E-state index contributed by atoms with van der Waals surface area (Å²) >= 11 is 1.39. The van der Waals surface area contributed by atoms with Gasteiger partial charge in [0.2, 0.25) is 4.80 Å². The van der Waals surface area contributed by atoms with Gasteiger partial charge in [-0.25, -0.2) is 0 Å². The van der Waals surface area contributed by atoms with Crippen molar-refractivity contribution in [1.29, 1.82) is 0 Å². The van der Waals surface area contributed by atoms with Crippen molar-refractivity contribution in [3.05, 3.63) is 69.0 Å². The average molecular weight is 420 g/mol. The van der Waals surface area contributed by atoms with Crippen molar-refractivity contribution in [1.82, 2.24) is 4.57 Å². The first kappa shape index (κ1) is 19.9. The molecule has 0 atom stereocenters. The van der Waals surface area contributed by atoms with Crippen LogP contribution in [0.3, 0.4) is 0 Å². The van der Waals surface area contributed by atoms with Crippen molar-refractivity contribution in [2.45, 2.75) is 13.0 Å². The van der Waals surface area contributed by atoms with E-state index in [-0.39, 0.29) is 17.9 Å². The van der Waals surface area contributed by atoms with Crippen molar-refractivity contribution in [3.63, 3.8) is 0 Å². The molecule has 1 heterocycles. The fourth-order valence-corrected chi connectivity index (χ4v) is 4.09. The molecule has 0 spiro atoms. The largest absolute Gasteiger partial charge is 0.315 e. The molecule has 3 rings (SSSR count). The lowest BCUT2D eigenvalue weighted by Gasteiger charge is -2.03. The molecule has 0 saturated carbocycles. The molecule has 146 valence electrons. The van der Waals surface area contributed by atoms with Gasteiger partial charge in [-0.05, 0) is 18.6 Å². The van der Waals surface area contributed by atoms with Gasteiger partial charge in [-0.1, -0.05) is 35.6 Å². The van der Waals surface area contributed by atoms with Crippen LogP contribution in [0.2, 0.25) is 0 Å². The smallest absolute Gasteiger partial charge is 0.270 e. The van der Waals surface area contributed by atoms with Gasteiger partial charge in [0.1, 0.15) is 0 Å². The number of aryl methyl sites for hydroxylation is 1. The van der Waals surface area contributed by atoms with Crippen molar-refractivity contribution in [3.8, 4) is 0 Å². The monoisotopic (exact) mass is 420 g/mol. The molecule has 0 amide bonds. The van der Waals surface area contributed by atoms with Crippen molar-refractivity contribution in [2.24, 2.45) is 10.2 Å². The standard InChI is InChI=1S/C17H16N4O5S2/c22-21(23)14-6-3-5-13(11-14)12-18-19-17-20(9-4-10-28(24,25)26)15-7-1-2-8-16(15)27-17/h1-3,5-8,11-12H,4,9-10H2,(H,24,25,26)/b18-12-,19-17-. The maximum atomic E-state index is 11.0. The topological polar surface area (TPSA) is 127 Å². The second kappa shape index (κ2) is 8.42. The Kier molecular flexibility index (Phi) is 5.97. The molecule has 0 fully saturated rings. The average Bonchev–Trinajstić information content (AvgIpc) is 2.99. The minimum absolute atomic E-state index is 0.0360. The van der Waals surface area contributed by atoms with Gasteiger partial charge in [0.15, 0.2) is 0 Å². The highest BCUT2D eigenvalue weighted by Crippen LogP contribution is 2.17. The summed E-state index contributed by atoms with van der Waals surface area (Å²) in [5, 5.41) is 19.1. The molecule has 0 aliphatic rings. The first-order valence-electron chi connectivity index (χ1n) is 8.18. The van der Waals surface area contributed by atoms with Crippen LogP contribution in [0.25, 0.3) is 10.2 Å². The fourth-order valence-electron chi connectivity index (χ4n) is 2.58. The predicted octanol–water partition coefficient (Wildman–Crippen LogP) is 2.82. The highest BCUT2D eigenvalue weighted by atomic mass is 32.2. The fraction of sp³-hybridized carbons (Fsp3) is 0.176. The van der Waals surface area contributed by atoms with Gasteiger partial charge >= 0.3 is 0 Å². The minimum atomic E-state index is -4.03. The summed E-state index contributed by atoms with van der Waals surface area (Å²) in [6, 6.07) is 13.6. The first-order valence-corrected chi connectivity index (χ1v) is 10.6. The Labute approximate surface area is 164 Å². The summed E-state index contributed by atoms with van der Waals surface area (Å²) in [6.07, 6.45) is 1.64. The van der Waals surface area contributed by atoms with E-state index in [9.17, 15) is 18.5 Å². The lowest BCUT2D eigenvalue weighted by molar-refractivity contribution is -0.384. The van der Waals surface area contributed by atoms with Gasteiger partial charge < -0.3 is 4.57 Å². The van der Waals surface area contributed by atoms with Crippen molar-refractivity contribution in [2.75, 3.05) is 5.75 Å². The Morgan fingerprint density at radius 1 is 1.21 bits per heavy atom. The number of rotatable bonds is 7. The van der Waals surface area contributed by atoms with E-state index < -0.39 is 15.0 Å². The maximum absolute atomic E-state index is 11.0. The van der Waals surface area contributed by atoms with Crippen LogP contribution >= 0.6 is 11.3 Å². The number of non-ortho nitro benzene ring substituents is 1. The second-order valence-corrected chi connectivity index (χ2v) is 8.42. The van der Waals surface area contributed by atoms with Gasteiger partial charge in [-0.3, -0.25) is 14.7 Å². The van der Waals surface area contributed by atoms with Gasteiger partial charge in [0.25, 0.3) is 15.8 Å². The highest BCUT2D eigenvalue weighted by Gasteiger charge is 2.09. The molecule has 0 unspecified atom stereocenters. The van der Waals surface area contributed by atoms with Crippen LogP contribution < -0.4 is 4.80 Å². The summed E-state index contributed by atoms with van der Waals surface area (Å²) in [7, 11) is -4.03. The van der Waals surface area contributed by atoms with E-state index in [1.807, 2.05) is 28.8 Å². The highest BCUT2D eigenvalue weighted by molar-refractivity contribution is 7.85. The van der Waals surface area contributed by atoms with Crippen LogP contribution in [0, 0.1) is 10.1 Å².